The van der Waals surface area contributed by atoms with E-state index in [4.69, 9.17) is 37.8 Å². The summed E-state index contributed by atoms with van der Waals surface area (Å²) in [5.41, 5.74) is 5.44. The predicted octanol–water partition coefficient (Wildman–Crippen LogP) is 1.68. The number of hydrogen-bond acceptors (Lipinski definition) is 17. The number of rotatable bonds is 5. The van der Waals surface area contributed by atoms with Crippen molar-refractivity contribution in [1.82, 2.24) is 39.0 Å². The summed E-state index contributed by atoms with van der Waals surface area (Å²) >= 11 is 4.27. The number of thiol groups is 1. The zero-order valence-electron chi connectivity index (χ0n) is 26.3. The first-order valence-electron chi connectivity index (χ1n) is 15.3. The molecule has 20 nitrogen and oxygen atoms in total. The van der Waals surface area contributed by atoms with E-state index in [-0.39, 0.29) is 42.7 Å². The SMILES string of the molecule is CCOP1(=O)OCC23C[C@@H]2[C@@H](n2cnc4c(N)ncnc42)[C@H](O)[C@@H]3OP(=O)(S)OC[C@H]2O[C@@H](n3cnc4c(=O)[nH]c(C)nc43)[C@H](O1)[C@@H]2OC. The van der Waals surface area contributed by atoms with E-state index in [1.54, 1.807) is 18.4 Å². The molecule has 2 saturated carbocycles. The van der Waals surface area contributed by atoms with Crippen LogP contribution in [0, 0.1) is 18.3 Å². The number of hydrogen-bond donors (Lipinski definition) is 4. The fourth-order valence-corrected chi connectivity index (χ4v) is 10.3. The molecule has 3 unspecified atom stereocenters. The number of nitrogens with zero attached hydrogens (tertiary/aromatic N) is 7. The second kappa shape index (κ2) is 11.9. The second-order valence-corrected chi connectivity index (χ2v) is 16.8. The van der Waals surface area contributed by atoms with Gasteiger partial charge in [-0.05, 0) is 26.2 Å². The minimum Gasteiger partial charge on any atom is -0.388 e. The fraction of sp³-hybridized carbons (Fsp3) is 0.615. The van der Waals surface area contributed by atoms with Crippen LogP contribution in [0.3, 0.4) is 0 Å². The lowest BCUT2D eigenvalue weighted by atomic mass is 10.0. The van der Waals surface area contributed by atoms with E-state index >= 15 is 0 Å². The summed E-state index contributed by atoms with van der Waals surface area (Å²) < 4.78 is 73.1. The number of aliphatic hydroxyl groups is 1. The van der Waals surface area contributed by atoms with Crippen molar-refractivity contribution in [2.45, 2.75) is 63.1 Å². The van der Waals surface area contributed by atoms with Gasteiger partial charge in [-0.3, -0.25) is 32.0 Å². The highest BCUT2D eigenvalue weighted by Gasteiger charge is 2.74. The molecule has 4 aromatic heterocycles. The average Bonchev–Trinajstić information content (AvgIpc) is 3.35. The Morgan fingerprint density at radius 2 is 1.92 bits per heavy atom. The van der Waals surface area contributed by atoms with Gasteiger partial charge in [0.25, 0.3) is 5.56 Å². The lowest BCUT2D eigenvalue weighted by Gasteiger charge is -2.31. The largest absolute Gasteiger partial charge is 0.475 e. The van der Waals surface area contributed by atoms with E-state index < -0.39 is 68.4 Å². The van der Waals surface area contributed by atoms with Crippen LogP contribution in [0.4, 0.5) is 5.82 Å². The van der Waals surface area contributed by atoms with Gasteiger partial charge >= 0.3 is 14.6 Å². The summed E-state index contributed by atoms with van der Waals surface area (Å²) in [5.74, 6) is 0.137. The topological polar surface area (TPSA) is 252 Å². The van der Waals surface area contributed by atoms with Gasteiger partial charge < -0.3 is 29.9 Å². The zero-order valence-corrected chi connectivity index (χ0v) is 28.9. The number of aromatic nitrogens is 8. The number of methoxy groups -OCH3 is 1. The van der Waals surface area contributed by atoms with Crippen molar-refractivity contribution in [2.75, 3.05) is 32.7 Å². The molecule has 49 heavy (non-hydrogen) atoms. The quantitative estimate of drug-likeness (QED) is 0.168. The molecular formula is C26H33N9O11P2S. The zero-order chi connectivity index (χ0) is 34.5. The molecule has 23 heteroatoms. The van der Waals surface area contributed by atoms with Crippen molar-refractivity contribution >= 4 is 55.0 Å². The van der Waals surface area contributed by atoms with Crippen LogP contribution in [0.1, 0.15) is 31.4 Å². The molecule has 0 aromatic carbocycles. The molecule has 4 fully saturated rings. The molecule has 0 radical (unpaired) electrons. The van der Waals surface area contributed by atoms with E-state index in [1.165, 1.54) is 30.7 Å². The Hall–Kier alpha value is -2.81. The van der Waals surface area contributed by atoms with Crippen molar-refractivity contribution in [1.29, 1.82) is 0 Å². The number of nitrogens with two attached hydrogens (primary N) is 1. The molecule has 4 N–H and O–H groups in total. The third kappa shape index (κ3) is 5.38. The minimum atomic E-state index is -4.44. The van der Waals surface area contributed by atoms with Gasteiger partial charge in [0, 0.05) is 12.5 Å². The molecule has 6 heterocycles. The van der Waals surface area contributed by atoms with E-state index in [1.807, 2.05) is 0 Å². The summed E-state index contributed by atoms with van der Waals surface area (Å²) in [6.45, 7) is -1.74. The normalized spacial score (nSPS) is 39.3. The Kier molecular flexibility index (Phi) is 8.08. The predicted molar refractivity (Wildman–Crippen MR) is 170 cm³/mol. The Labute approximate surface area is 282 Å². The van der Waals surface area contributed by atoms with Gasteiger partial charge in [0.15, 0.2) is 28.9 Å². The maximum Gasteiger partial charge on any atom is 0.475 e. The third-order valence-corrected chi connectivity index (χ3v) is 12.7. The molecule has 2 saturated heterocycles. The number of aliphatic hydroxyl groups excluding tert-OH is 1. The molecular weight excluding hydrogens is 708 g/mol. The Balaban J connectivity index is 1.18. The number of nitrogens with one attached hydrogen (secondary N) is 1. The van der Waals surface area contributed by atoms with Crippen molar-refractivity contribution < 1.29 is 46.3 Å². The smallest absolute Gasteiger partial charge is 0.388 e. The number of ether oxygens (including phenoxy) is 2. The summed E-state index contributed by atoms with van der Waals surface area (Å²) in [4.78, 5) is 36.5. The van der Waals surface area contributed by atoms with Crippen molar-refractivity contribution in [2.24, 2.45) is 11.3 Å². The molecule has 4 aromatic rings. The van der Waals surface area contributed by atoms with Crippen LogP contribution in [-0.2, 0) is 41.2 Å². The van der Waals surface area contributed by atoms with Gasteiger partial charge in [-0.15, -0.1) is 0 Å². The number of aromatic amines is 1. The van der Waals surface area contributed by atoms with Crippen LogP contribution >= 0.6 is 26.9 Å². The van der Waals surface area contributed by atoms with E-state index in [9.17, 15) is 19.0 Å². The van der Waals surface area contributed by atoms with Gasteiger partial charge in [0.1, 0.15) is 48.2 Å². The number of nitrogen functional groups attached to an aromatic ring is 1. The first-order chi connectivity index (χ1) is 23.4. The van der Waals surface area contributed by atoms with Crippen molar-refractivity contribution in [3.8, 4) is 0 Å². The Morgan fingerprint density at radius 1 is 1.14 bits per heavy atom. The molecule has 4 aliphatic rings. The summed E-state index contributed by atoms with van der Waals surface area (Å²) in [6.07, 6.45) is -2.28. The number of fused-ring (bicyclic) bond motifs is 4. The van der Waals surface area contributed by atoms with Crippen LogP contribution in [0.5, 0.6) is 0 Å². The maximum absolute atomic E-state index is 14.4. The molecule has 2 bridgehead atoms. The third-order valence-electron chi connectivity index (χ3n) is 9.59. The van der Waals surface area contributed by atoms with Crippen LogP contribution in [0.25, 0.3) is 22.3 Å². The minimum absolute atomic E-state index is 0.0348. The summed E-state index contributed by atoms with van der Waals surface area (Å²) in [7, 11) is -3.06. The summed E-state index contributed by atoms with van der Waals surface area (Å²) in [6, 6.07) is -0.683. The van der Waals surface area contributed by atoms with Gasteiger partial charge in [0.05, 0.1) is 38.5 Å². The number of phosphoric ester groups is 1. The first kappa shape index (κ1) is 33.3. The maximum atomic E-state index is 14.4. The van der Waals surface area contributed by atoms with Crippen LogP contribution in [0.2, 0.25) is 0 Å². The highest BCUT2D eigenvalue weighted by atomic mass is 32.7. The first-order valence-corrected chi connectivity index (χ1v) is 19.5. The lowest BCUT2D eigenvalue weighted by Crippen LogP contribution is -2.37. The second-order valence-electron chi connectivity index (χ2n) is 12.3. The molecule has 1 spiro atoms. The lowest BCUT2D eigenvalue weighted by molar-refractivity contribution is -0.0612. The number of phosphoric acid groups is 1. The standard InChI is InChI=1S/C26H33N9O11P2S/c1-4-41-47(38)43-7-26-5-12(26)16(34-9-30-14-21(27)28-8-29-22(14)34)17(36)20(26)46-48(39,49)42-6-13-18(40-3)19(45-47)25(44-13)35-10-31-15-23(35)32-11(2)33-24(15)37/h8-10,12-13,16-20,25,36H,4-7H2,1-3H3,(H,39,49)(H2,27,28,29)(H,32,33,37)/t12-,13-,16-,17+,18-,19-,20+,25-,26?,47?,48?/m1/s1. The number of imidazole rings is 2. The molecule has 2 aliphatic heterocycles. The molecule has 8 rings (SSSR count). The van der Waals surface area contributed by atoms with Crippen LogP contribution < -0.4 is 11.3 Å². The van der Waals surface area contributed by atoms with Crippen LogP contribution in [-0.4, -0.2) is 102 Å². The summed E-state index contributed by atoms with van der Waals surface area (Å²) in [5, 5.41) is 11.7. The van der Waals surface area contributed by atoms with Gasteiger partial charge in [-0.2, -0.15) is 0 Å². The highest BCUT2D eigenvalue weighted by molar-refractivity contribution is 8.44. The Morgan fingerprint density at radius 3 is 2.69 bits per heavy atom. The number of aryl methyl sites for hydroxylation is 1. The van der Waals surface area contributed by atoms with E-state index in [0.717, 1.165) is 0 Å². The van der Waals surface area contributed by atoms with Crippen molar-refractivity contribution in [3.05, 3.63) is 35.2 Å². The molecule has 0 amide bonds. The number of anilines is 1. The molecule has 11 atom stereocenters. The molecule has 264 valence electrons. The Bertz CT molecular complexity index is 2100. The highest BCUT2D eigenvalue weighted by Crippen LogP contribution is 2.73. The van der Waals surface area contributed by atoms with Gasteiger partial charge in [-0.25, -0.2) is 34.0 Å². The van der Waals surface area contributed by atoms with Gasteiger partial charge in [0.2, 0.25) is 0 Å². The average molecular weight is 742 g/mol. The molecule has 2 aliphatic carbocycles. The monoisotopic (exact) mass is 741 g/mol. The number of H-pyrrole nitrogens is 1. The van der Waals surface area contributed by atoms with Crippen LogP contribution in [0.15, 0.2) is 23.8 Å². The van der Waals surface area contributed by atoms with Gasteiger partial charge in [-0.1, -0.05) is 12.2 Å². The fourth-order valence-electron chi connectivity index (χ4n) is 7.39. The van der Waals surface area contributed by atoms with E-state index in [0.29, 0.717) is 23.4 Å². The van der Waals surface area contributed by atoms with E-state index in [2.05, 4.69) is 42.2 Å². The van der Waals surface area contributed by atoms with Crippen molar-refractivity contribution in [3.63, 3.8) is 0 Å².